The number of amides is 1. The van der Waals surface area contributed by atoms with Crippen LogP contribution in [0.5, 0.6) is 0 Å². The molecule has 2 aromatic carbocycles. The van der Waals surface area contributed by atoms with Gasteiger partial charge in [-0.2, -0.15) is 0 Å². The first-order valence-electron chi connectivity index (χ1n) is 12.1. The number of hydrogen-bond donors (Lipinski definition) is 2. The van der Waals surface area contributed by atoms with Crippen molar-refractivity contribution in [3.8, 4) is 0 Å². The number of amidine groups is 1. The number of carbonyl (C=O) groups is 1. The van der Waals surface area contributed by atoms with Crippen LogP contribution in [0.15, 0.2) is 58.4 Å². The van der Waals surface area contributed by atoms with E-state index in [2.05, 4.69) is 39.0 Å². The SMILES string of the molecule is CC[C@H](C)[C@H](N=C1NS(=O)(=O)c2ccccc21)C(=O)Nc1ccc(CN2CCCCC2C)cc1. The molecular weight excluding hydrogens is 448 g/mol. The normalized spacial score (nSPS) is 22.6. The summed E-state index contributed by atoms with van der Waals surface area (Å²) in [4.78, 5) is 20.5. The Labute approximate surface area is 202 Å². The zero-order chi connectivity index (χ0) is 24.3. The summed E-state index contributed by atoms with van der Waals surface area (Å²) in [5, 5.41) is 2.98. The molecule has 1 unspecified atom stereocenters. The van der Waals surface area contributed by atoms with Gasteiger partial charge in [-0.05, 0) is 62.1 Å². The largest absolute Gasteiger partial charge is 0.324 e. The lowest BCUT2D eigenvalue weighted by atomic mass is 9.98. The second-order valence-corrected chi connectivity index (χ2v) is 11.1. The van der Waals surface area contributed by atoms with Crippen molar-refractivity contribution in [1.82, 2.24) is 9.62 Å². The Morgan fingerprint density at radius 2 is 1.91 bits per heavy atom. The third kappa shape index (κ3) is 5.33. The predicted molar refractivity (Wildman–Crippen MR) is 135 cm³/mol. The van der Waals surface area contributed by atoms with Crippen molar-refractivity contribution in [1.29, 1.82) is 0 Å². The first kappa shape index (κ1) is 24.4. The molecule has 7 nitrogen and oxygen atoms in total. The van der Waals surface area contributed by atoms with Crippen molar-refractivity contribution in [2.75, 3.05) is 11.9 Å². The molecule has 0 bridgehead atoms. The summed E-state index contributed by atoms with van der Waals surface area (Å²) in [6, 6.07) is 14.5. The highest BCUT2D eigenvalue weighted by Crippen LogP contribution is 2.25. The van der Waals surface area contributed by atoms with E-state index < -0.39 is 16.1 Å². The van der Waals surface area contributed by atoms with E-state index in [0.29, 0.717) is 17.3 Å². The molecule has 2 aliphatic heterocycles. The maximum Gasteiger partial charge on any atom is 0.263 e. The Morgan fingerprint density at radius 3 is 2.62 bits per heavy atom. The van der Waals surface area contributed by atoms with Gasteiger partial charge in [0.25, 0.3) is 10.0 Å². The molecule has 182 valence electrons. The van der Waals surface area contributed by atoms with E-state index in [-0.39, 0.29) is 22.6 Å². The van der Waals surface area contributed by atoms with Gasteiger partial charge < -0.3 is 5.32 Å². The van der Waals surface area contributed by atoms with Gasteiger partial charge in [0, 0.05) is 23.8 Å². The van der Waals surface area contributed by atoms with Gasteiger partial charge in [-0.25, -0.2) is 8.42 Å². The number of piperidine rings is 1. The smallest absolute Gasteiger partial charge is 0.263 e. The van der Waals surface area contributed by atoms with Crippen molar-refractivity contribution >= 4 is 27.5 Å². The second-order valence-electron chi connectivity index (χ2n) is 9.41. The van der Waals surface area contributed by atoms with E-state index in [1.807, 2.05) is 26.0 Å². The quantitative estimate of drug-likeness (QED) is 0.620. The fraction of sp³-hybridized carbons (Fsp3) is 0.462. The number of fused-ring (bicyclic) bond motifs is 1. The second kappa shape index (κ2) is 10.3. The Hall–Kier alpha value is -2.71. The summed E-state index contributed by atoms with van der Waals surface area (Å²) in [6.07, 6.45) is 4.53. The number of rotatable bonds is 7. The molecule has 3 atom stereocenters. The van der Waals surface area contributed by atoms with Crippen LogP contribution in [0.1, 0.15) is 57.6 Å². The molecule has 4 rings (SSSR count). The van der Waals surface area contributed by atoms with Crippen molar-refractivity contribution in [3.63, 3.8) is 0 Å². The Bertz CT molecular complexity index is 1160. The molecule has 2 aromatic rings. The average Bonchev–Trinajstić information content (AvgIpc) is 3.09. The van der Waals surface area contributed by atoms with Crippen LogP contribution in [0.4, 0.5) is 5.69 Å². The fourth-order valence-electron chi connectivity index (χ4n) is 4.57. The maximum atomic E-state index is 13.2. The van der Waals surface area contributed by atoms with Crippen LogP contribution in [0, 0.1) is 5.92 Å². The first-order chi connectivity index (χ1) is 16.3. The van der Waals surface area contributed by atoms with Crippen LogP contribution >= 0.6 is 0 Å². The topological polar surface area (TPSA) is 90.9 Å². The van der Waals surface area contributed by atoms with Crippen molar-refractivity contribution < 1.29 is 13.2 Å². The van der Waals surface area contributed by atoms with E-state index in [1.165, 1.54) is 24.8 Å². The minimum absolute atomic E-state index is 0.0652. The molecule has 2 heterocycles. The number of anilines is 1. The number of aliphatic imine (C=N–C) groups is 1. The number of sulfonamides is 1. The minimum atomic E-state index is -3.65. The predicted octanol–water partition coefficient (Wildman–Crippen LogP) is 4.15. The van der Waals surface area contributed by atoms with Crippen LogP contribution < -0.4 is 10.0 Å². The van der Waals surface area contributed by atoms with E-state index >= 15 is 0 Å². The lowest BCUT2D eigenvalue weighted by molar-refractivity contribution is -0.118. The molecule has 34 heavy (non-hydrogen) atoms. The number of likely N-dealkylation sites (tertiary alicyclic amines) is 1. The number of benzene rings is 2. The molecule has 1 amide bonds. The number of hydrogen-bond acceptors (Lipinski definition) is 5. The number of nitrogens with zero attached hydrogens (tertiary/aromatic N) is 2. The molecule has 0 radical (unpaired) electrons. The molecule has 0 saturated carbocycles. The van der Waals surface area contributed by atoms with Crippen LogP contribution in [-0.2, 0) is 21.4 Å². The van der Waals surface area contributed by atoms with Crippen molar-refractivity contribution in [3.05, 3.63) is 59.7 Å². The van der Waals surface area contributed by atoms with Gasteiger partial charge in [-0.3, -0.25) is 19.4 Å². The van der Waals surface area contributed by atoms with Gasteiger partial charge >= 0.3 is 0 Å². The van der Waals surface area contributed by atoms with Gasteiger partial charge in [0.2, 0.25) is 5.91 Å². The van der Waals surface area contributed by atoms with E-state index in [4.69, 9.17) is 0 Å². The Kier molecular flexibility index (Phi) is 7.38. The Balaban J connectivity index is 1.49. The van der Waals surface area contributed by atoms with Gasteiger partial charge in [0.1, 0.15) is 11.9 Å². The van der Waals surface area contributed by atoms with Gasteiger partial charge in [-0.1, -0.05) is 51.0 Å². The fourth-order valence-corrected chi connectivity index (χ4v) is 5.81. The van der Waals surface area contributed by atoms with Crippen LogP contribution in [0.2, 0.25) is 0 Å². The summed E-state index contributed by atoms with van der Waals surface area (Å²) >= 11 is 0. The third-order valence-corrected chi connectivity index (χ3v) is 8.33. The van der Waals surface area contributed by atoms with Crippen LogP contribution in [0.25, 0.3) is 0 Å². The van der Waals surface area contributed by atoms with E-state index in [1.54, 1.807) is 24.3 Å². The molecular formula is C26H34N4O3S. The highest BCUT2D eigenvalue weighted by atomic mass is 32.2. The summed E-state index contributed by atoms with van der Waals surface area (Å²) < 4.78 is 27.4. The molecule has 0 aliphatic carbocycles. The van der Waals surface area contributed by atoms with Crippen LogP contribution in [0.3, 0.4) is 0 Å². The standard InChI is InChI=1S/C26H34N4O3S/c1-4-18(2)24(28-25-22-10-5-6-11-23(22)34(32,33)29-25)26(31)27-21-14-12-20(13-15-21)17-30-16-8-7-9-19(30)3/h5-6,10-15,18-19,24H,4,7-9,16-17H2,1-3H3,(H,27,31)(H,28,29)/t18-,19?,24-/m0/s1. The average molecular weight is 483 g/mol. The van der Waals surface area contributed by atoms with Crippen LogP contribution in [-0.4, -0.2) is 43.7 Å². The van der Waals surface area contributed by atoms with Crippen molar-refractivity contribution in [2.45, 2.75) is 70.0 Å². The molecule has 0 aromatic heterocycles. The lowest BCUT2D eigenvalue weighted by Gasteiger charge is -2.33. The van der Waals surface area contributed by atoms with Gasteiger partial charge in [-0.15, -0.1) is 0 Å². The molecule has 0 spiro atoms. The highest BCUT2D eigenvalue weighted by molar-refractivity contribution is 7.90. The first-order valence-corrected chi connectivity index (χ1v) is 13.6. The molecule has 1 fully saturated rings. The summed E-state index contributed by atoms with van der Waals surface area (Å²) in [5.74, 6) is -0.0884. The van der Waals surface area contributed by atoms with Crippen molar-refractivity contribution in [2.24, 2.45) is 10.9 Å². The zero-order valence-corrected chi connectivity index (χ0v) is 20.9. The maximum absolute atomic E-state index is 13.2. The molecule has 2 aliphatic rings. The third-order valence-electron chi connectivity index (χ3n) is 6.93. The highest BCUT2D eigenvalue weighted by Gasteiger charge is 2.33. The summed E-state index contributed by atoms with van der Waals surface area (Å²) in [7, 11) is -3.65. The molecule has 2 N–H and O–H groups in total. The summed E-state index contributed by atoms with van der Waals surface area (Å²) in [5.41, 5.74) is 2.43. The lowest BCUT2D eigenvalue weighted by Crippen LogP contribution is -2.36. The number of carbonyl (C=O) groups excluding carboxylic acids is 1. The summed E-state index contributed by atoms with van der Waals surface area (Å²) in [6.45, 7) is 8.27. The van der Waals surface area contributed by atoms with E-state index in [9.17, 15) is 13.2 Å². The minimum Gasteiger partial charge on any atom is -0.324 e. The molecule has 1 saturated heterocycles. The van der Waals surface area contributed by atoms with Gasteiger partial charge in [0.15, 0.2) is 0 Å². The monoisotopic (exact) mass is 482 g/mol. The Morgan fingerprint density at radius 1 is 1.18 bits per heavy atom. The zero-order valence-electron chi connectivity index (χ0n) is 20.1. The molecule has 8 heteroatoms. The number of nitrogens with one attached hydrogen (secondary N) is 2. The van der Waals surface area contributed by atoms with Gasteiger partial charge in [0.05, 0.1) is 4.90 Å². The van der Waals surface area contributed by atoms with E-state index in [0.717, 1.165) is 19.5 Å².